The normalized spacial score (nSPS) is 10.8. The van der Waals surface area contributed by atoms with E-state index in [1.54, 1.807) is 18.9 Å². The van der Waals surface area contributed by atoms with Gasteiger partial charge in [-0.2, -0.15) is 0 Å². The second-order valence-corrected chi connectivity index (χ2v) is 6.42. The predicted molar refractivity (Wildman–Crippen MR) is 99.0 cm³/mol. The van der Waals surface area contributed by atoms with Crippen molar-refractivity contribution in [3.05, 3.63) is 66.0 Å². The molecule has 1 heterocycles. The molecule has 0 aliphatic carbocycles. The first-order chi connectivity index (χ1) is 11.1. The standard InChI is InChI=1S/C20H21NOS/c1-14-8-10-17(11-9-14)21-13-19(20(23-4)15(21)2)16-6-5-7-18(12-16)22-3/h5-13H,1-4H3. The van der Waals surface area contributed by atoms with Crippen LogP contribution in [0.1, 0.15) is 11.3 Å². The van der Waals surface area contributed by atoms with Gasteiger partial charge in [0.05, 0.1) is 7.11 Å². The number of aromatic nitrogens is 1. The molecule has 23 heavy (non-hydrogen) atoms. The summed E-state index contributed by atoms with van der Waals surface area (Å²) in [4.78, 5) is 1.30. The number of thioether (sulfide) groups is 1. The van der Waals surface area contributed by atoms with Crippen LogP contribution < -0.4 is 4.74 Å². The van der Waals surface area contributed by atoms with E-state index in [4.69, 9.17) is 4.74 Å². The largest absolute Gasteiger partial charge is 0.497 e. The van der Waals surface area contributed by atoms with Gasteiger partial charge in [0.15, 0.2) is 0 Å². The van der Waals surface area contributed by atoms with Gasteiger partial charge in [0.25, 0.3) is 0 Å². The second-order valence-electron chi connectivity index (χ2n) is 5.60. The lowest BCUT2D eigenvalue weighted by atomic mass is 10.1. The molecule has 1 aromatic heterocycles. The lowest BCUT2D eigenvalue weighted by Crippen LogP contribution is -1.94. The lowest BCUT2D eigenvalue weighted by Gasteiger charge is -2.07. The third kappa shape index (κ3) is 3.02. The van der Waals surface area contributed by atoms with Crippen LogP contribution >= 0.6 is 11.8 Å². The first kappa shape index (κ1) is 15.8. The Morgan fingerprint density at radius 3 is 2.39 bits per heavy atom. The summed E-state index contributed by atoms with van der Waals surface area (Å²) in [7, 11) is 1.71. The van der Waals surface area contributed by atoms with Crippen molar-refractivity contribution in [2.24, 2.45) is 0 Å². The first-order valence-corrected chi connectivity index (χ1v) is 8.84. The van der Waals surface area contributed by atoms with Crippen LogP contribution in [0.3, 0.4) is 0 Å². The van der Waals surface area contributed by atoms with Gasteiger partial charge in [0.1, 0.15) is 5.75 Å². The number of aryl methyl sites for hydroxylation is 1. The molecule has 3 rings (SSSR count). The Balaban J connectivity index is 2.14. The Kier molecular flexibility index (Phi) is 4.49. The summed E-state index contributed by atoms with van der Waals surface area (Å²) >= 11 is 1.79. The van der Waals surface area contributed by atoms with Gasteiger partial charge >= 0.3 is 0 Å². The van der Waals surface area contributed by atoms with E-state index in [1.807, 2.05) is 12.1 Å². The summed E-state index contributed by atoms with van der Waals surface area (Å²) in [5.41, 5.74) is 6.16. The molecule has 0 saturated heterocycles. The third-order valence-corrected chi connectivity index (χ3v) is 5.01. The molecule has 0 unspecified atom stereocenters. The fraction of sp³-hybridized carbons (Fsp3) is 0.200. The van der Waals surface area contributed by atoms with Crippen molar-refractivity contribution in [1.82, 2.24) is 4.57 Å². The van der Waals surface area contributed by atoms with Crippen LogP contribution in [-0.4, -0.2) is 17.9 Å². The van der Waals surface area contributed by atoms with Gasteiger partial charge < -0.3 is 9.30 Å². The summed E-state index contributed by atoms with van der Waals surface area (Å²) < 4.78 is 7.64. The van der Waals surface area contributed by atoms with Crippen LogP contribution in [0.5, 0.6) is 5.75 Å². The van der Waals surface area contributed by atoms with Crippen molar-refractivity contribution >= 4 is 11.8 Å². The van der Waals surface area contributed by atoms with Crippen LogP contribution in [0.4, 0.5) is 0 Å². The summed E-state index contributed by atoms with van der Waals surface area (Å²) in [6.07, 6.45) is 4.35. The highest BCUT2D eigenvalue weighted by atomic mass is 32.2. The summed E-state index contributed by atoms with van der Waals surface area (Å²) in [6.45, 7) is 4.29. The molecule has 0 fully saturated rings. The molecule has 0 amide bonds. The van der Waals surface area contributed by atoms with E-state index >= 15 is 0 Å². The summed E-state index contributed by atoms with van der Waals surface area (Å²) in [6, 6.07) is 16.9. The topological polar surface area (TPSA) is 14.2 Å². The molecule has 0 bridgehead atoms. The van der Waals surface area contributed by atoms with Gasteiger partial charge in [-0.15, -0.1) is 11.8 Å². The zero-order valence-corrected chi connectivity index (χ0v) is 14.8. The average molecular weight is 323 g/mol. The number of rotatable bonds is 4. The fourth-order valence-corrected chi connectivity index (χ4v) is 3.60. The molecule has 0 aliphatic heterocycles. The fourth-order valence-electron chi connectivity index (χ4n) is 2.82. The van der Waals surface area contributed by atoms with Crippen molar-refractivity contribution in [3.8, 4) is 22.6 Å². The number of methoxy groups -OCH3 is 1. The van der Waals surface area contributed by atoms with Gasteiger partial charge in [0, 0.05) is 28.0 Å². The van der Waals surface area contributed by atoms with Crippen molar-refractivity contribution in [2.45, 2.75) is 18.7 Å². The highest BCUT2D eigenvalue weighted by Crippen LogP contribution is 2.37. The first-order valence-electron chi connectivity index (χ1n) is 7.61. The third-order valence-electron chi connectivity index (χ3n) is 4.09. The van der Waals surface area contributed by atoms with Crippen molar-refractivity contribution in [1.29, 1.82) is 0 Å². The molecule has 0 spiro atoms. The van der Waals surface area contributed by atoms with E-state index in [0.29, 0.717) is 0 Å². The quantitative estimate of drug-likeness (QED) is 0.589. The highest BCUT2D eigenvalue weighted by molar-refractivity contribution is 7.98. The SMILES string of the molecule is COc1cccc(-c2cn(-c3ccc(C)cc3)c(C)c2SC)c1. The Bertz CT molecular complexity index is 818. The minimum absolute atomic E-state index is 0.885. The van der Waals surface area contributed by atoms with E-state index in [0.717, 1.165) is 5.75 Å². The van der Waals surface area contributed by atoms with Gasteiger partial charge in [-0.3, -0.25) is 0 Å². The van der Waals surface area contributed by atoms with Crippen LogP contribution in [-0.2, 0) is 0 Å². The van der Waals surface area contributed by atoms with E-state index < -0.39 is 0 Å². The maximum Gasteiger partial charge on any atom is 0.119 e. The minimum Gasteiger partial charge on any atom is -0.497 e. The van der Waals surface area contributed by atoms with E-state index in [1.165, 1.54) is 33.0 Å². The highest BCUT2D eigenvalue weighted by Gasteiger charge is 2.15. The molecule has 2 nitrogen and oxygen atoms in total. The van der Waals surface area contributed by atoms with E-state index in [2.05, 4.69) is 67.3 Å². The average Bonchev–Trinajstić information content (AvgIpc) is 2.92. The summed E-state index contributed by atoms with van der Waals surface area (Å²) in [5, 5.41) is 0. The van der Waals surface area contributed by atoms with Gasteiger partial charge in [-0.1, -0.05) is 29.8 Å². The van der Waals surface area contributed by atoms with Crippen LogP contribution in [0, 0.1) is 13.8 Å². The molecule has 0 atom stereocenters. The van der Waals surface area contributed by atoms with E-state index in [-0.39, 0.29) is 0 Å². The number of hydrogen-bond acceptors (Lipinski definition) is 2. The molecular weight excluding hydrogens is 302 g/mol. The Morgan fingerprint density at radius 1 is 1.00 bits per heavy atom. The number of benzene rings is 2. The summed E-state index contributed by atoms with van der Waals surface area (Å²) in [5.74, 6) is 0.885. The maximum atomic E-state index is 5.37. The number of nitrogens with zero attached hydrogens (tertiary/aromatic N) is 1. The minimum atomic E-state index is 0.885. The molecule has 0 aliphatic rings. The van der Waals surface area contributed by atoms with Crippen molar-refractivity contribution in [3.63, 3.8) is 0 Å². The molecule has 3 aromatic rings. The molecule has 0 N–H and O–H groups in total. The zero-order chi connectivity index (χ0) is 16.4. The van der Waals surface area contributed by atoms with Crippen LogP contribution in [0.25, 0.3) is 16.8 Å². The number of hydrogen-bond donors (Lipinski definition) is 0. The predicted octanol–water partition coefficient (Wildman–Crippen LogP) is 5.49. The Morgan fingerprint density at radius 2 is 1.74 bits per heavy atom. The molecule has 2 aromatic carbocycles. The van der Waals surface area contributed by atoms with Gasteiger partial charge in [0.2, 0.25) is 0 Å². The van der Waals surface area contributed by atoms with E-state index in [9.17, 15) is 0 Å². The maximum absolute atomic E-state index is 5.37. The van der Waals surface area contributed by atoms with Crippen LogP contribution in [0.15, 0.2) is 59.6 Å². The molecular formula is C20H21NOS. The molecule has 0 saturated carbocycles. The monoisotopic (exact) mass is 323 g/mol. The van der Waals surface area contributed by atoms with Gasteiger partial charge in [-0.25, -0.2) is 0 Å². The number of ether oxygens (including phenoxy) is 1. The molecule has 3 heteroatoms. The zero-order valence-electron chi connectivity index (χ0n) is 14.0. The van der Waals surface area contributed by atoms with Crippen molar-refractivity contribution in [2.75, 3.05) is 13.4 Å². The molecule has 0 radical (unpaired) electrons. The Hall–Kier alpha value is -2.13. The van der Waals surface area contributed by atoms with Crippen molar-refractivity contribution < 1.29 is 4.74 Å². The van der Waals surface area contributed by atoms with Crippen LogP contribution in [0.2, 0.25) is 0 Å². The van der Waals surface area contributed by atoms with Gasteiger partial charge in [-0.05, 0) is 49.9 Å². The lowest BCUT2D eigenvalue weighted by molar-refractivity contribution is 0.415. The Labute approximate surface area is 142 Å². The molecule has 118 valence electrons. The second kappa shape index (κ2) is 6.55. The smallest absolute Gasteiger partial charge is 0.119 e.